The van der Waals surface area contributed by atoms with Crippen LogP contribution in [0.5, 0.6) is 0 Å². The molecule has 2 heterocycles. The molecular weight excluding hydrogens is 253 g/mol. The van der Waals surface area contributed by atoms with E-state index in [1.54, 1.807) is 11.3 Å². The van der Waals surface area contributed by atoms with Gasteiger partial charge >= 0.3 is 0 Å². The second-order valence-corrected chi connectivity index (χ2v) is 4.70. The van der Waals surface area contributed by atoms with E-state index in [2.05, 4.69) is 26.1 Å². The van der Waals surface area contributed by atoms with Crippen molar-refractivity contribution in [3.63, 3.8) is 0 Å². The molecule has 0 spiro atoms. The number of hydrogen-bond acceptors (Lipinski definition) is 6. The van der Waals surface area contributed by atoms with Gasteiger partial charge in [0.2, 0.25) is 5.95 Å². The number of nitrogens with zero attached hydrogens (tertiary/aromatic N) is 2. The van der Waals surface area contributed by atoms with E-state index in [1.165, 1.54) is 5.56 Å². The molecule has 2 aromatic rings. The number of nitrogen functional groups attached to an aromatic ring is 1. The lowest BCUT2D eigenvalue weighted by atomic mass is 10.1. The molecule has 0 saturated carbocycles. The number of hydrogen-bond donors (Lipinski definition) is 3. The summed E-state index contributed by atoms with van der Waals surface area (Å²) in [5, 5.41) is 7.09. The number of nitrogens with one attached hydrogen (secondary N) is 2. The fourth-order valence-corrected chi connectivity index (χ4v) is 2.27. The zero-order chi connectivity index (χ0) is 13.0. The molecular formula is C11H14FN5S. The van der Waals surface area contributed by atoms with Crippen LogP contribution in [0.15, 0.2) is 23.0 Å². The first-order valence-corrected chi connectivity index (χ1v) is 6.40. The quantitative estimate of drug-likeness (QED) is 0.570. The monoisotopic (exact) mass is 267 g/mol. The largest absolute Gasteiger partial charge is 0.365 e. The average Bonchev–Trinajstić information content (AvgIpc) is 2.84. The second kappa shape index (κ2) is 5.74. The van der Waals surface area contributed by atoms with E-state index >= 15 is 0 Å². The van der Waals surface area contributed by atoms with E-state index in [0.717, 1.165) is 12.6 Å². The van der Waals surface area contributed by atoms with Crippen molar-refractivity contribution in [2.24, 2.45) is 5.84 Å². The maximum atomic E-state index is 13.5. The molecule has 0 aliphatic rings. The highest BCUT2D eigenvalue weighted by Gasteiger charge is 2.10. The molecule has 0 bridgehead atoms. The van der Waals surface area contributed by atoms with Crippen LogP contribution in [0.4, 0.5) is 16.2 Å². The molecule has 1 atom stereocenters. The number of thiophene rings is 1. The Morgan fingerprint density at radius 2 is 2.39 bits per heavy atom. The molecule has 0 aliphatic carbocycles. The van der Waals surface area contributed by atoms with Crippen LogP contribution in [0.25, 0.3) is 0 Å². The molecule has 4 N–H and O–H groups in total. The Morgan fingerprint density at radius 1 is 1.56 bits per heavy atom. The van der Waals surface area contributed by atoms with Crippen molar-refractivity contribution in [1.29, 1.82) is 0 Å². The van der Waals surface area contributed by atoms with Gasteiger partial charge in [0.1, 0.15) is 0 Å². The summed E-state index contributed by atoms with van der Waals surface area (Å²) in [5.74, 6) is 5.03. The van der Waals surface area contributed by atoms with Gasteiger partial charge in [-0.1, -0.05) is 0 Å². The number of hydrazine groups is 1. The predicted molar refractivity (Wildman–Crippen MR) is 70.9 cm³/mol. The van der Waals surface area contributed by atoms with Crippen molar-refractivity contribution in [3.8, 4) is 0 Å². The number of aromatic nitrogens is 2. The van der Waals surface area contributed by atoms with E-state index in [0.29, 0.717) is 0 Å². The molecule has 0 aromatic carbocycles. The number of rotatable bonds is 5. The third-order valence-electron chi connectivity index (χ3n) is 2.38. The Balaban J connectivity index is 2.04. The molecule has 5 nitrogen and oxygen atoms in total. The second-order valence-electron chi connectivity index (χ2n) is 3.92. The van der Waals surface area contributed by atoms with Gasteiger partial charge < -0.3 is 5.32 Å². The normalized spacial score (nSPS) is 12.2. The standard InChI is InChI=1S/C11H14FN5S/c1-7(4-8-2-3-18-6-8)15-10-9(12)5-14-11(16-10)17-13/h2-3,5-7H,4,13H2,1H3,(H2,14,15,16,17). The van der Waals surface area contributed by atoms with Crippen molar-refractivity contribution in [2.45, 2.75) is 19.4 Å². The fraction of sp³-hybridized carbons (Fsp3) is 0.273. The fourth-order valence-electron chi connectivity index (χ4n) is 1.58. The van der Waals surface area contributed by atoms with Crippen LogP contribution in [0.3, 0.4) is 0 Å². The maximum Gasteiger partial charge on any atom is 0.239 e. The number of nitrogens with two attached hydrogens (primary N) is 1. The molecule has 0 saturated heterocycles. The molecule has 96 valence electrons. The Labute approximate surface area is 108 Å². The van der Waals surface area contributed by atoms with Gasteiger partial charge in [-0.2, -0.15) is 16.3 Å². The first kappa shape index (κ1) is 12.7. The summed E-state index contributed by atoms with van der Waals surface area (Å²) in [6, 6.07) is 2.11. The summed E-state index contributed by atoms with van der Waals surface area (Å²) < 4.78 is 13.5. The van der Waals surface area contributed by atoms with Gasteiger partial charge in [0.05, 0.1) is 6.20 Å². The molecule has 1 unspecified atom stereocenters. The van der Waals surface area contributed by atoms with E-state index < -0.39 is 5.82 Å². The first-order valence-electron chi connectivity index (χ1n) is 5.46. The molecule has 0 amide bonds. The Bertz CT molecular complexity index is 502. The summed E-state index contributed by atoms with van der Waals surface area (Å²) in [5.41, 5.74) is 3.50. The van der Waals surface area contributed by atoms with Gasteiger partial charge in [-0.3, -0.25) is 5.43 Å². The van der Waals surface area contributed by atoms with Gasteiger partial charge in [-0.05, 0) is 35.7 Å². The van der Waals surface area contributed by atoms with Crippen molar-refractivity contribution in [2.75, 3.05) is 10.7 Å². The Morgan fingerprint density at radius 3 is 3.06 bits per heavy atom. The summed E-state index contributed by atoms with van der Waals surface area (Å²) in [6.07, 6.45) is 1.89. The van der Waals surface area contributed by atoms with Crippen LogP contribution < -0.4 is 16.6 Å². The molecule has 0 aliphatic heterocycles. The minimum absolute atomic E-state index is 0.0645. The van der Waals surface area contributed by atoms with Gasteiger partial charge in [0.15, 0.2) is 11.6 Å². The van der Waals surface area contributed by atoms with E-state index in [-0.39, 0.29) is 17.8 Å². The van der Waals surface area contributed by atoms with E-state index in [4.69, 9.17) is 5.84 Å². The number of anilines is 2. The van der Waals surface area contributed by atoms with Crippen LogP contribution in [0, 0.1) is 5.82 Å². The molecule has 7 heteroatoms. The minimum atomic E-state index is -0.494. The molecule has 18 heavy (non-hydrogen) atoms. The van der Waals surface area contributed by atoms with Crippen LogP contribution in [-0.2, 0) is 6.42 Å². The lowest BCUT2D eigenvalue weighted by Crippen LogP contribution is -2.21. The summed E-state index contributed by atoms with van der Waals surface area (Å²) in [4.78, 5) is 7.61. The summed E-state index contributed by atoms with van der Waals surface area (Å²) >= 11 is 1.64. The Hall–Kier alpha value is -1.73. The SMILES string of the molecule is CC(Cc1ccsc1)Nc1nc(NN)ncc1F. The third-order valence-corrected chi connectivity index (χ3v) is 3.11. The van der Waals surface area contributed by atoms with Gasteiger partial charge in [-0.15, -0.1) is 0 Å². The van der Waals surface area contributed by atoms with Crippen LogP contribution in [0.2, 0.25) is 0 Å². The molecule has 0 radical (unpaired) electrons. The molecule has 2 aromatic heterocycles. The van der Waals surface area contributed by atoms with Crippen LogP contribution in [0.1, 0.15) is 12.5 Å². The van der Waals surface area contributed by atoms with Gasteiger partial charge in [0, 0.05) is 6.04 Å². The summed E-state index contributed by atoms with van der Waals surface area (Å²) in [6.45, 7) is 1.97. The smallest absolute Gasteiger partial charge is 0.239 e. The maximum absolute atomic E-state index is 13.5. The summed E-state index contributed by atoms with van der Waals surface area (Å²) in [7, 11) is 0. The molecule has 2 rings (SSSR count). The van der Waals surface area contributed by atoms with Crippen molar-refractivity contribution in [3.05, 3.63) is 34.4 Å². The average molecular weight is 267 g/mol. The van der Waals surface area contributed by atoms with Crippen molar-refractivity contribution < 1.29 is 4.39 Å². The highest BCUT2D eigenvalue weighted by molar-refractivity contribution is 7.07. The van der Waals surface area contributed by atoms with E-state index in [9.17, 15) is 4.39 Å². The van der Waals surface area contributed by atoms with Gasteiger partial charge in [0.25, 0.3) is 0 Å². The van der Waals surface area contributed by atoms with Crippen LogP contribution >= 0.6 is 11.3 Å². The topological polar surface area (TPSA) is 75.9 Å². The van der Waals surface area contributed by atoms with Gasteiger partial charge in [-0.25, -0.2) is 15.2 Å². The lowest BCUT2D eigenvalue weighted by molar-refractivity contribution is 0.612. The minimum Gasteiger partial charge on any atom is -0.365 e. The highest BCUT2D eigenvalue weighted by Crippen LogP contribution is 2.15. The third kappa shape index (κ3) is 3.14. The first-order chi connectivity index (χ1) is 8.69. The highest BCUT2D eigenvalue weighted by atomic mass is 32.1. The lowest BCUT2D eigenvalue weighted by Gasteiger charge is -2.14. The zero-order valence-corrected chi connectivity index (χ0v) is 10.7. The Kier molecular flexibility index (Phi) is 4.06. The zero-order valence-electron chi connectivity index (χ0n) is 9.85. The van der Waals surface area contributed by atoms with E-state index in [1.807, 2.05) is 18.4 Å². The van der Waals surface area contributed by atoms with Crippen LogP contribution in [-0.4, -0.2) is 16.0 Å². The van der Waals surface area contributed by atoms with Crippen molar-refractivity contribution >= 4 is 23.1 Å². The molecule has 0 fully saturated rings. The predicted octanol–water partition coefficient (Wildman–Crippen LogP) is 2.01. The van der Waals surface area contributed by atoms with Crippen molar-refractivity contribution in [1.82, 2.24) is 9.97 Å². The number of halogens is 1.